The molecule has 4 saturated carbocycles. The second-order valence-corrected chi connectivity index (χ2v) is 17.4. The smallest absolute Gasteiger partial charge is 0.187 e. The molecule has 13 nitrogen and oxygen atoms in total. The molecular formula is C37H62O13. The summed E-state index contributed by atoms with van der Waals surface area (Å²) in [5.74, 6) is -0.574. The third-order valence-electron chi connectivity index (χ3n) is 14.1. The minimum atomic E-state index is -1.58. The van der Waals surface area contributed by atoms with Gasteiger partial charge in [-0.05, 0) is 78.9 Å². The summed E-state index contributed by atoms with van der Waals surface area (Å²) in [6, 6.07) is 0. The Balaban J connectivity index is 1.17. The Morgan fingerprint density at radius 2 is 1.52 bits per heavy atom. The third-order valence-corrected chi connectivity index (χ3v) is 14.1. The molecule has 4 aliphatic carbocycles. The van der Waals surface area contributed by atoms with Crippen molar-refractivity contribution in [2.24, 2.45) is 46.3 Å². The average Bonchev–Trinajstić information content (AvgIpc) is 3.51. The number of fused-ring (bicyclic) bond motifs is 5. The van der Waals surface area contributed by atoms with Crippen molar-refractivity contribution < 1.29 is 64.9 Å². The molecule has 9 N–H and O–H groups in total. The number of hydrogen-bond acceptors (Lipinski definition) is 13. The SMILES string of the molecule is CC(C)[C@H](/C=C/[C@@H](C)[C@H]1C[C@@H](O)C2[C@]3(O)C[C@H](O)C4C[C@@H](O)CC[C@]4(C)C3CC[C@@]21C)O[C@@H]1O[C@@H](CO)[C@H](O)[C@H]1O[C@@H]1OC[C@@H](O)[C@H](O)[C@H]1O. The van der Waals surface area contributed by atoms with Gasteiger partial charge in [0, 0.05) is 12.3 Å². The maximum atomic E-state index is 12.6. The van der Waals surface area contributed by atoms with Gasteiger partial charge in [-0.15, -0.1) is 0 Å². The lowest BCUT2D eigenvalue weighted by Crippen LogP contribution is -2.68. The number of ether oxygens (including phenoxy) is 4. The van der Waals surface area contributed by atoms with Gasteiger partial charge in [0.25, 0.3) is 0 Å². The van der Waals surface area contributed by atoms with Crippen molar-refractivity contribution in [3.8, 4) is 0 Å². The minimum absolute atomic E-state index is 0.0163. The van der Waals surface area contributed by atoms with Crippen LogP contribution >= 0.6 is 0 Å². The Kier molecular flexibility index (Phi) is 11.3. The quantitative estimate of drug-likeness (QED) is 0.146. The molecule has 0 aromatic rings. The van der Waals surface area contributed by atoms with Crippen LogP contribution in [0.3, 0.4) is 0 Å². The molecule has 0 amide bonds. The fraction of sp³-hybridized carbons (Fsp3) is 0.946. The van der Waals surface area contributed by atoms with E-state index in [0.29, 0.717) is 19.3 Å². The van der Waals surface area contributed by atoms with Crippen molar-refractivity contribution in [2.75, 3.05) is 13.2 Å². The van der Waals surface area contributed by atoms with Gasteiger partial charge in [-0.1, -0.05) is 46.8 Å². The molecule has 13 heteroatoms. The van der Waals surface area contributed by atoms with Crippen molar-refractivity contribution in [1.82, 2.24) is 0 Å². The van der Waals surface area contributed by atoms with Gasteiger partial charge in [-0.25, -0.2) is 0 Å². The molecule has 0 aromatic carbocycles. The minimum Gasteiger partial charge on any atom is -0.394 e. The Bertz CT molecular complexity index is 1200. The molecule has 3 unspecified atom stereocenters. The van der Waals surface area contributed by atoms with Gasteiger partial charge in [0.05, 0.1) is 43.2 Å². The summed E-state index contributed by atoms with van der Waals surface area (Å²) in [6.07, 6.45) is -4.58. The second-order valence-electron chi connectivity index (χ2n) is 17.4. The highest BCUT2D eigenvalue weighted by atomic mass is 16.8. The highest BCUT2D eigenvalue weighted by Gasteiger charge is 2.70. The maximum absolute atomic E-state index is 12.6. The lowest BCUT2D eigenvalue weighted by Gasteiger charge is -2.66. The Hall–Kier alpha value is -0.780. The predicted molar refractivity (Wildman–Crippen MR) is 178 cm³/mol. The van der Waals surface area contributed by atoms with E-state index < -0.39 is 91.7 Å². The van der Waals surface area contributed by atoms with E-state index in [9.17, 15) is 46.0 Å². The lowest BCUT2D eigenvalue weighted by molar-refractivity contribution is -0.306. The van der Waals surface area contributed by atoms with E-state index in [1.807, 2.05) is 19.9 Å². The van der Waals surface area contributed by atoms with Crippen molar-refractivity contribution in [1.29, 1.82) is 0 Å². The first-order valence-corrected chi connectivity index (χ1v) is 18.8. The van der Waals surface area contributed by atoms with Crippen molar-refractivity contribution >= 4 is 0 Å². The van der Waals surface area contributed by atoms with Crippen LogP contribution in [0.25, 0.3) is 0 Å². The highest BCUT2D eigenvalue weighted by molar-refractivity contribution is 5.21. The monoisotopic (exact) mass is 714 g/mol. The molecule has 0 spiro atoms. The van der Waals surface area contributed by atoms with E-state index in [4.69, 9.17) is 18.9 Å². The Labute approximate surface area is 295 Å². The van der Waals surface area contributed by atoms with E-state index in [1.54, 1.807) is 0 Å². The van der Waals surface area contributed by atoms with Crippen LogP contribution in [0.15, 0.2) is 12.2 Å². The first-order valence-electron chi connectivity index (χ1n) is 18.8. The van der Waals surface area contributed by atoms with Gasteiger partial charge in [-0.2, -0.15) is 0 Å². The van der Waals surface area contributed by atoms with Crippen LogP contribution in [0.4, 0.5) is 0 Å². The summed E-state index contributed by atoms with van der Waals surface area (Å²) in [5, 5.41) is 97.3. The molecule has 2 heterocycles. The molecule has 0 radical (unpaired) electrons. The summed E-state index contributed by atoms with van der Waals surface area (Å²) in [4.78, 5) is 0. The van der Waals surface area contributed by atoms with Crippen LogP contribution in [-0.4, -0.2) is 138 Å². The predicted octanol–water partition coefficient (Wildman–Crippen LogP) is 0.199. The second kappa shape index (κ2) is 14.5. The van der Waals surface area contributed by atoms with Gasteiger partial charge in [0.15, 0.2) is 12.6 Å². The summed E-state index contributed by atoms with van der Waals surface area (Å²) < 4.78 is 23.4. The maximum Gasteiger partial charge on any atom is 0.187 e. The zero-order chi connectivity index (χ0) is 36.5. The molecule has 20 atom stereocenters. The van der Waals surface area contributed by atoms with Crippen LogP contribution in [-0.2, 0) is 18.9 Å². The zero-order valence-electron chi connectivity index (χ0n) is 30.1. The molecule has 6 aliphatic rings. The summed E-state index contributed by atoms with van der Waals surface area (Å²) >= 11 is 0. The lowest BCUT2D eigenvalue weighted by atomic mass is 9.42. The van der Waals surface area contributed by atoms with Crippen LogP contribution in [0.1, 0.15) is 79.6 Å². The van der Waals surface area contributed by atoms with Gasteiger partial charge < -0.3 is 64.9 Å². The van der Waals surface area contributed by atoms with E-state index in [-0.39, 0.29) is 53.4 Å². The van der Waals surface area contributed by atoms with Crippen LogP contribution in [0, 0.1) is 46.3 Å². The van der Waals surface area contributed by atoms with Gasteiger partial charge >= 0.3 is 0 Å². The summed E-state index contributed by atoms with van der Waals surface area (Å²) in [6.45, 7) is 9.60. The molecule has 50 heavy (non-hydrogen) atoms. The van der Waals surface area contributed by atoms with Crippen LogP contribution in [0.5, 0.6) is 0 Å². The number of aliphatic hydroxyl groups is 9. The molecule has 0 bridgehead atoms. The molecule has 0 aromatic heterocycles. The first kappa shape index (κ1) is 38.9. The van der Waals surface area contributed by atoms with Crippen molar-refractivity contribution in [3.05, 3.63) is 12.2 Å². The summed E-state index contributed by atoms with van der Waals surface area (Å²) in [7, 11) is 0. The molecule has 6 fully saturated rings. The largest absolute Gasteiger partial charge is 0.394 e. The number of rotatable bonds is 9. The number of allylic oxidation sites excluding steroid dienone is 1. The fourth-order valence-electron chi connectivity index (χ4n) is 11.5. The Morgan fingerprint density at radius 3 is 2.20 bits per heavy atom. The Morgan fingerprint density at radius 1 is 0.820 bits per heavy atom. The van der Waals surface area contributed by atoms with E-state index >= 15 is 0 Å². The van der Waals surface area contributed by atoms with Crippen LogP contribution < -0.4 is 0 Å². The normalized spacial score (nSPS) is 53.6. The number of hydrogen-bond donors (Lipinski definition) is 9. The molecule has 288 valence electrons. The molecular weight excluding hydrogens is 652 g/mol. The number of aliphatic hydroxyl groups excluding tert-OH is 8. The van der Waals surface area contributed by atoms with Gasteiger partial charge in [-0.3, -0.25) is 0 Å². The molecule has 6 rings (SSSR count). The van der Waals surface area contributed by atoms with Gasteiger partial charge in [0.2, 0.25) is 0 Å². The van der Waals surface area contributed by atoms with E-state index in [0.717, 1.165) is 19.3 Å². The average molecular weight is 715 g/mol. The standard InChI is InChI=1S/C37H62O13/c1-17(2)25(48-34-31(29(44)26(15-38)49-34)50-33-30(45)28(43)24(42)16-47-33)7-6-18(3)20-13-22(40)32-36(20,5)11-9-27-35(4)10-8-19(39)12-21(35)23(41)14-37(27,32)46/h6-7,17-34,38-46H,8-16H2,1-5H3/b7-6+/t18-,19+,20-,21?,22-,23+,24-,25+,26+,27?,28+,29+,30-,31-,32?,33+,34-,35+,36-,37+/m1/s1. The van der Waals surface area contributed by atoms with Crippen molar-refractivity contribution in [2.45, 2.75) is 159 Å². The molecule has 2 aliphatic heterocycles. The first-order chi connectivity index (χ1) is 23.5. The fourth-order valence-corrected chi connectivity index (χ4v) is 11.5. The van der Waals surface area contributed by atoms with E-state index in [1.165, 1.54) is 0 Å². The topological polar surface area (TPSA) is 219 Å². The third kappa shape index (κ3) is 6.54. The van der Waals surface area contributed by atoms with Crippen LogP contribution in [0.2, 0.25) is 0 Å². The zero-order valence-corrected chi connectivity index (χ0v) is 30.1. The van der Waals surface area contributed by atoms with Crippen molar-refractivity contribution in [3.63, 3.8) is 0 Å². The van der Waals surface area contributed by atoms with E-state index in [2.05, 4.69) is 26.8 Å². The summed E-state index contributed by atoms with van der Waals surface area (Å²) in [5.41, 5.74) is -1.92. The molecule has 2 saturated heterocycles. The highest BCUT2D eigenvalue weighted by Crippen LogP contribution is 2.69. The van der Waals surface area contributed by atoms with Gasteiger partial charge in [0.1, 0.15) is 36.6 Å².